The monoisotopic (exact) mass is 384 g/mol. The number of ether oxygens (including phenoxy) is 1. The molecular formula is C6H4F3IN2O4S. The molecule has 3 N–H and O–H groups in total. The summed E-state index contributed by atoms with van der Waals surface area (Å²) < 4.78 is 61.4. The van der Waals surface area contributed by atoms with E-state index in [0.29, 0.717) is 0 Å². The van der Waals surface area contributed by atoms with Crippen LogP contribution >= 0.6 is 22.6 Å². The lowest BCUT2D eigenvalue weighted by molar-refractivity contribution is -0.276. The van der Waals surface area contributed by atoms with Gasteiger partial charge in [-0.25, -0.2) is 13.6 Å². The molecule has 0 aliphatic carbocycles. The normalized spacial score (nSPS) is 12.5. The Bertz CT molecular complexity index is 594. The van der Waals surface area contributed by atoms with E-state index in [1.807, 2.05) is 4.98 Å². The number of H-pyrrole nitrogens is 1. The van der Waals surface area contributed by atoms with E-state index in [-0.39, 0.29) is 3.57 Å². The lowest BCUT2D eigenvalue weighted by atomic mass is 10.4. The molecule has 0 aliphatic heterocycles. The highest BCUT2D eigenvalue weighted by Crippen LogP contribution is 2.28. The van der Waals surface area contributed by atoms with Crippen LogP contribution in [0.3, 0.4) is 0 Å². The molecule has 0 aliphatic rings. The molecule has 0 aromatic carbocycles. The second-order valence-corrected chi connectivity index (χ2v) is 5.38. The van der Waals surface area contributed by atoms with Gasteiger partial charge >= 0.3 is 6.36 Å². The van der Waals surface area contributed by atoms with E-state index in [0.717, 1.165) is 6.20 Å². The molecule has 0 amide bonds. The third kappa shape index (κ3) is 3.57. The molecule has 1 aromatic rings. The van der Waals surface area contributed by atoms with Crippen molar-refractivity contribution in [1.29, 1.82) is 0 Å². The van der Waals surface area contributed by atoms with Crippen molar-refractivity contribution in [2.75, 3.05) is 0 Å². The second-order valence-electron chi connectivity index (χ2n) is 2.72. The molecule has 0 fully saturated rings. The van der Waals surface area contributed by atoms with E-state index >= 15 is 0 Å². The van der Waals surface area contributed by atoms with Crippen molar-refractivity contribution in [2.45, 2.75) is 11.3 Å². The van der Waals surface area contributed by atoms with Crippen LogP contribution in [0.5, 0.6) is 5.75 Å². The van der Waals surface area contributed by atoms with Crippen molar-refractivity contribution in [2.24, 2.45) is 5.14 Å². The average Bonchev–Trinajstić information content (AvgIpc) is 2.06. The van der Waals surface area contributed by atoms with Crippen molar-refractivity contribution >= 4 is 32.6 Å². The number of hydrogen-bond donors (Lipinski definition) is 2. The summed E-state index contributed by atoms with van der Waals surface area (Å²) in [6.45, 7) is 0. The van der Waals surface area contributed by atoms with E-state index in [2.05, 4.69) is 4.74 Å². The van der Waals surface area contributed by atoms with E-state index < -0.39 is 32.6 Å². The van der Waals surface area contributed by atoms with Gasteiger partial charge in [0, 0.05) is 6.20 Å². The SMILES string of the molecule is NS(=O)(=O)c1c(I)c[nH]c(=O)c1OC(F)(F)F. The summed E-state index contributed by atoms with van der Waals surface area (Å²) in [6, 6.07) is 0. The van der Waals surface area contributed by atoms with Crippen molar-refractivity contribution in [3.63, 3.8) is 0 Å². The minimum atomic E-state index is -5.20. The van der Waals surface area contributed by atoms with E-state index in [1.165, 1.54) is 22.6 Å². The minimum Gasteiger partial charge on any atom is -0.398 e. The Morgan fingerprint density at radius 2 is 1.94 bits per heavy atom. The Hall–Kier alpha value is -0.820. The molecule has 0 radical (unpaired) electrons. The van der Waals surface area contributed by atoms with Crippen LogP contribution in [0, 0.1) is 3.57 Å². The van der Waals surface area contributed by atoms with Gasteiger partial charge in [-0.2, -0.15) is 0 Å². The number of sulfonamides is 1. The van der Waals surface area contributed by atoms with Gasteiger partial charge in [-0.1, -0.05) is 0 Å². The predicted octanol–water partition coefficient (Wildman–Crippen LogP) is 0.526. The van der Waals surface area contributed by atoms with Crippen LogP contribution < -0.4 is 15.4 Å². The highest BCUT2D eigenvalue weighted by molar-refractivity contribution is 14.1. The first-order valence-corrected chi connectivity index (χ1v) is 6.34. The highest BCUT2D eigenvalue weighted by atomic mass is 127. The fraction of sp³-hybridized carbons (Fsp3) is 0.167. The second kappa shape index (κ2) is 4.45. The number of nitrogens with two attached hydrogens (primary N) is 1. The van der Waals surface area contributed by atoms with Crippen molar-refractivity contribution in [3.8, 4) is 5.75 Å². The number of hydrogen-bond acceptors (Lipinski definition) is 4. The standard InChI is InChI=1S/C6H4F3IN2O4S/c7-6(8,9)16-3-4(17(11,14)15)2(10)1-12-5(3)13/h1H,(H,12,13)(H2,11,14,15). The zero-order chi connectivity index (χ0) is 13.4. The van der Waals surface area contributed by atoms with E-state index in [4.69, 9.17) is 5.14 Å². The quantitative estimate of drug-likeness (QED) is 0.727. The number of pyridine rings is 1. The maximum Gasteiger partial charge on any atom is 0.573 e. The smallest absolute Gasteiger partial charge is 0.398 e. The first kappa shape index (κ1) is 14.2. The maximum atomic E-state index is 12.0. The van der Waals surface area contributed by atoms with Gasteiger partial charge < -0.3 is 9.72 Å². The Morgan fingerprint density at radius 1 is 1.41 bits per heavy atom. The van der Waals surface area contributed by atoms with Gasteiger partial charge in [0.25, 0.3) is 5.56 Å². The molecule has 0 saturated carbocycles. The molecule has 0 spiro atoms. The van der Waals surface area contributed by atoms with Crippen molar-refractivity contribution in [1.82, 2.24) is 4.98 Å². The molecule has 1 aromatic heterocycles. The number of aromatic nitrogens is 1. The van der Waals surface area contributed by atoms with Gasteiger partial charge in [0.15, 0.2) is 0 Å². The topological polar surface area (TPSA) is 102 Å². The van der Waals surface area contributed by atoms with Gasteiger partial charge in [0.1, 0.15) is 4.90 Å². The molecule has 0 atom stereocenters. The van der Waals surface area contributed by atoms with Crippen LogP contribution in [0.25, 0.3) is 0 Å². The molecule has 6 nitrogen and oxygen atoms in total. The zero-order valence-corrected chi connectivity index (χ0v) is 10.7. The third-order valence-electron chi connectivity index (χ3n) is 1.46. The van der Waals surface area contributed by atoms with Crippen molar-refractivity contribution < 1.29 is 26.3 Å². The molecule has 1 heterocycles. The average molecular weight is 384 g/mol. The first-order chi connectivity index (χ1) is 7.52. The summed E-state index contributed by atoms with van der Waals surface area (Å²) in [4.78, 5) is 12.0. The molecule has 17 heavy (non-hydrogen) atoms. The lowest BCUT2D eigenvalue weighted by Crippen LogP contribution is -2.27. The molecule has 0 bridgehead atoms. The fourth-order valence-corrected chi connectivity index (χ4v) is 2.99. The van der Waals surface area contributed by atoms with Crippen LogP contribution in [0.15, 0.2) is 15.9 Å². The van der Waals surface area contributed by atoms with Gasteiger partial charge in [-0.05, 0) is 22.6 Å². The number of primary sulfonamides is 1. The molecule has 1 rings (SSSR count). The Labute approximate surface area is 106 Å². The Morgan fingerprint density at radius 3 is 2.35 bits per heavy atom. The van der Waals surface area contributed by atoms with Crippen LogP contribution in [-0.2, 0) is 10.0 Å². The first-order valence-electron chi connectivity index (χ1n) is 3.72. The summed E-state index contributed by atoms with van der Waals surface area (Å²) in [7, 11) is -4.51. The van der Waals surface area contributed by atoms with Crippen molar-refractivity contribution in [3.05, 3.63) is 20.1 Å². The fourth-order valence-electron chi connectivity index (χ4n) is 0.945. The molecule has 96 valence electrons. The summed E-state index contributed by atoms with van der Waals surface area (Å²) in [5, 5.41) is 4.71. The lowest BCUT2D eigenvalue weighted by Gasteiger charge is -2.11. The molecule has 0 saturated heterocycles. The zero-order valence-electron chi connectivity index (χ0n) is 7.71. The number of halogens is 4. The Kier molecular flexibility index (Phi) is 3.73. The molecule has 0 unspecified atom stereocenters. The van der Waals surface area contributed by atoms with Gasteiger partial charge in [-0.15, -0.1) is 13.2 Å². The third-order valence-corrected chi connectivity index (χ3v) is 3.65. The van der Waals surface area contributed by atoms with Crippen LogP contribution in [0.2, 0.25) is 0 Å². The summed E-state index contributed by atoms with van der Waals surface area (Å²) in [6.07, 6.45) is -4.29. The van der Waals surface area contributed by atoms with Gasteiger partial charge in [-0.3, -0.25) is 4.79 Å². The van der Waals surface area contributed by atoms with Crippen LogP contribution in [0.4, 0.5) is 13.2 Å². The van der Waals surface area contributed by atoms with E-state index in [9.17, 15) is 26.4 Å². The van der Waals surface area contributed by atoms with Gasteiger partial charge in [0.2, 0.25) is 15.8 Å². The predicted molar refractivity (Wildman–Crippen MR) is 57.8 cm³/mol. The Balaban J connectivity index is 3.58. The van der Waals surface area contributed by atoms with Crippen LogP contribution in [0.1, 0.15) is 0 Å². The maximum absolute atomic E-state index is 12.0. The van der Waals surface area contributed by atoms with E-state index in [1.54, 1.807) is 0 Å². The summed E-state index contributed by atoms with van der Waals surface area (Å²) in [5.74, 6) is -1.40. The highest BCUT2D eigenvalue weighted by Gasteiger charge is 2.36. The van der Waals surface area contributed by atoms with Gasteiger partial charge in [0.05, 0.1) is 3.57 Å². The summed E-state index contributed by atoms with van der Waals surface area (Å²) >= 11 is 1.40. The van der Waals surface area contributed by atoms with Crippen LogP contribution in [-0.4, -0.2) is 19.8 Å². The number of nitrogens with one attached hydrogen (secondary N) is 1. The minimum absolute atomic E-state index is 0.191. The molecule has 11 heteroatoms. The number of alkyl halides is 3. The number of aromatic amines is 1. The summed E-state index contributed by atoms with van der Waals surface area (Å²) in [5.41, 5.74) is -1.34. The number of rotatable bonds is 2. The largest absolute Gasteiger partial charge is 0.573 e. The molecular weight excluding hydrogens is 380 g/mol.